The van der Waals surface area contributed by atoms with Crippen LogP contribution in [0.4, 0.5) is 0 Å². The molecule has 0 spiro atoms. The summed E-state index contributed by atoms with van der Waals surface area (Å²) in [6.45, 7) is 3.09. The molecule has 6 rings (SSSR count). The van der Waals surface area contributed by atoms with Crippen LogP contribution in [0, 0.1) is 0 Å². The van der Waals surface area contributed by atoms with Gasteiger partial charge >= 0.3 is 0 Å². The highest BCUT2D eigenvalue weighted by molar-refractivity contribution is 7.19. The first-order chi connectivity index (χ1) is 12.8. The molecule has 0 radical (unpaired) electrons. The van der Waals surface area contributed by atoms with E-state index in [9.17, 15) is 0 Å². The summed E-state index contributed by atoms with van der Waals surface area (Å²) in [6.07, 6.45) is 7.52. The van der Waals surface area contributed by atoms with Gasteiger partial charge in [0.2, 0.25) is 0 Å². The maximum atomic E-state index is 4.96. The highest BCUT2D eigenvalue weighted by Crippen LogP contribution is 2.38. The zero-order valence-electron chi connectivity index (χ0n) is 14.4. The Hall–Kier alpha value is -2.73. The van der Waals surface area contributed by atoms with Crippen LogP contribution >= 0.6 is 11.3 Å². The van der Waals surface area contributed by atoms with Crippen LogP contribution in [0.2, 0.25) is 0 Å². The number of para-hydroxylation sites is 1. The van der Waals surface area contributed by atoms with Gasteiger partial charge in [-0.25, -0.2) is 14.5 Å². The second kappa shape index (κ2) is 5.14. The Kier molecular flexibility index (Phi) is 2.86. The first-order valence-corrected chi connectivity index (χ1v) is 9.89. The number of fused-ring (bicyclic) bond motifs is 6. The van der Waals surface area contributed by atoms with E-state index in [0.717, 1.165) is 34.8 Å². The van der Waals surface area contributed by atoms with E-state index in [4.69, 9.17) is 10.1 Å². The first-order valence-electron chi connectivity index (χ1n) is 9.07. The summed E-state index contributed by atoms with van der Waals surface area (Å²) in [5, 5.41) is 7.18. The molecule has 5 aromatic rings. The SMILES string of the molecule is CCn1cc(-c2nc3c4c5c(sc4ncn3n2)CCC5)c2ccccc21. The van der Waals surface area contributed by atoms with Crippen LogP contribution in [0.1, 0.15) is 23.8 Å². The van der Waals surface area contributed by atoms with E-state index in [1.54, 1.807) is 6.33 Å². The fourth-order valence-corrected chi connectivity index (χ4v) is 5.42. The first kappa shape index (κ1) is 14.4. The predicted molar refractivity (Wildman–Crippen MR) is 105 cm³/mol. The van der Waals surface area contributed by atoms with Crippen LogP contribution in [0.25, 0.3) is 38.2 Å². The summed E-state index contributed by atoms with van der Waals surface area (Å²) < 4.78 is 4.10. The van der Waals surface area contributed by atoms with E-state index in [1.807, 2.05) is 15.9 Å². The maximum absolute atomic E-state index is 4.96. The van der Waals surface area contributed by atoms with Gasteiger partial charge in [-0.05, 0) is 37.8 Å². The number of rotatable bonds is 2. The number of thiophene rings is 1. The minimum Gasteiger partial charge on any atom is -0.347 e. The molecule has 4 heterocycles. The van der Waals surface area contributed by atoms with Crippen LogP contribution in [0.15, 0.2) is 36.8 Å². The Bertz CT molecular complexity index is 1310. The maximum Gasteiger partial charge on any atom is 0.184 e. The van der Waals surface area contributed by atoms with Crippen molar-refractivity contribution < 1.29 is 0 Å². The molecule has 0 amide bonds. The number of aryl methyl sites for hydroxylation is 3. The summed E-state index contributed by atoms with van der Waals surface area (Å²) in [5.41, 5.74) is 4.70. The van der Waals surface area contributed by atoms with Crippen molar-refractivity contribution in [3.8, 4) is 11.4 Å². The Morgan fingerprint density at radius 1 is 1.19 bits per heavy atom. The number of benzene rings is 1. The quantitative estimate of drug-likeness (QED) is 0.467. The number of hydrogen-bond acceptors (Lipinski definition) is 4. The molecular weight excluding hydrogens is 342 g/mol. The van der Waals surface area contributed by atoms with Crippen LogP contribution < -0.4 is 0 Å². The van der Waals surface area contributed by atoms with Gasteiger partial charge < -0.3 is 4.57 Å². The topological polar surface area (TPSA) is 48.0 Å². The average molecular weight is 359 g/mol. The molecule has 0 saturated heterocycles. The van der Waals surface area contributed by atoms with Crippen molar-refractivity contribution in [3.63, 3.8) is 0 Å². The molecule has 1 aromatic carbocycles. The molecule has 6 heteroatoms. The second-order valence-electron chi connectivity index (χ2n) is 6.83. The number of nitrogens with zero attached hydrogens (tertiary/aromatic N) is 5. The van der Waals surface area contributed by atoms with Gasteiger partial charge in [0.15, 0.2) is 11.5 Å². The van der Waals surface area contributed by atoms with Gasteiger partial charge in [-0.15, -0.1) is 16.4 Å². The van der Waals surface area contributed by atoms with Gasteiger partial charge in [0.05, 0.1) is 5.39 Å². The smallest absolute Gasteiger partial charge is 0.184 e. The lowest BCUT2D eigenvalue weighted by molar-refractivity contribution is 0.797. The minimum absolute atomic E-state index is 0.778. The fraction of sp³-hybridized carbons (Fsp3) is 0.250. The van der Waals surface area contributed by atoms with Crippen LogP contribution in [0.3, 0.4) is 0 Å². The average Bonchev–Trinajstić information content (AvgIpc) is 3.40. The van der Waals surface area contributed by atoms with Crippen molar-refractivity contribution in [1.29, 1.82) is 0 Å². The van der Waals surface area contributed by atoms with Crippen molar-refractivity contribution in [2.45, 2.75) is 32.7 Å². The normalized spacial score (nSPS) is 14.0. The largest absolute Gasteiger partial charge is 0.347 e. The fourth-order valence-electron chi connectivity index (χ4n) is 4.19. The predicted octanol–water partition coefficient (Wildman–Crippen LogP) is 4.47. The van der Waals surface area contributed by atoms with E-state index in [2.05, 4.69) is 46.9 Å². The van der Waals surface area contributed by atoms with E-state index in [1.165, 1.54) is 39.6 Å². The van der Waals surface area contributed by atoms with Crippen LogP contribution in [0.5, 0.6) is 0 Å². The molecule has 1 aliphatic rings. The van der Waals surface area contributed by atoms with Gasteiger partial charge in [-0.2, -0.15) is 0 Å². The Labute approximate surface area is 153 Å². The zero-order valence-corrected chi connectivity index (χ0v) is 15.3. The summed E-state index contributed by atoms with van der Waals surface area (Å²) >= 11 is 1.82. The second-order valence-corrected chi connectivity index (χ2v) is 7.92. The van der Waals surface area contributed by atoms with Crippen molar-refractivity contribution >= 4 is 38.1 Å². The monoisotopic (exact) mass is 359 g/mol. The lowest BCUT2D eigenvalue weighted by Crippen LogP contribution is -1.90. The summed E-state index contributed by atoms with van der Waals surface area (Å²) in [5.74, 6) is 0.778. The third kappa shape index (κ3) is 1.82. The molecule has 0 unspecified atom stereocenters. The Morgan fingerprint density at radius 2 is 2.12 bits per heavy atom. The molecular formula is C20H17N5S. The molecule has 0 bridgehead atoms. The summed E-state index contributed by atoms with van der Waals surface area (Å²) in [7, 11) is 0. The lowest BCUT2D eigenvalue weighted by atomic mass is 10.1. The summed E-state index contributed by atoms with van der Waals surface area (Å²) in [6, 6.07) is 8.47. The van der Waals surface area contributed by atoms with Gasteiger partial charge in [0.1, 0.15) is 11.2 Å². The third-order valence-electron chi connectivity index (χ3n) is 5.41. The highest BCUT2D eigenvalue weighted by Gasteiger charge is 2.22. The highest BCUT2D eigenvalue weighted by atomic mass is 32.1. The Balaban J connectivity index is 1.66. The molecule has 0 aliphatic heterocycles. The molecule has 5 nitrogen and oxygen atoms in total. The lowest BCUT2D eigenvalue weighted by Gasteiger charge is -1.97. The molecule has 0 fully saturated rings. The van der Waals surface area contributed by atoms with Crippen molar-refractivity contribution in [3.05, 3.63) is 47.2 Å². The van der Waals surface area contributed by atoms with Crippen LogP contribution in [-0.4, -0.2) is 24.1 Å². The van der Waals surface area contributed by atoms with Gasteiger partial charge in [-0.1, -0.05) is 18.2 Å². The standard InChI is InChI=1S/C20H17N5S/c1-2-24-10-14(12-6-3-4-8-15(12)24)18-22-19-17-13-7-5-9-16(13)26-20(17)21-11-25(19)23-18/h3-4,6,8,10-11H,2,5,7,9H2,1H3. The number of hydrogen-bond donors (Lipinski definition) is 0. The Morgan fingerprint density at radius 3 is 3.04 bits per heavy atom. The molecule has 0 atom stereocenters. The zero-order chi connectivity index (χ0) is 17.3. The van der Waals surface area contributed by atoms with Gasteiger partial charge in [0.25, 0.3) is 0 Å². The molecule has 0 N–H and O–H groups in total. The molecule has 1 aliphatic carbocycles. The van der Waals surface area contributed by atoms with Crippen molar-refractivity contribution in [2.24, 2.45) is 0 Å². The summed E-state index contributed by atoms with van der Waals surface area (Å²) in [4.78, 5) is 12.2. The van der Waals surface area contributed by atoms with E-state index < -0.39 is 0 Å². The molecule has 26 heavy (non-hydrogen) atoms. The van der Waals surface area contributed by atoms with E-state index >= 15 is 0 Å². The van der Waals surface area contributed by atoms with E-state index in [0.29, 0.717) is 0 Å². The van der Waals surface area contributed by atoms with Crippen molar-refractivity contribution in [1.82, 2.24) is 24.1 Å². The van der Waals surface area contributed by atoms with Crippen LogP contribution in [-0.2, 0) is 19.4 Å². The number of aromatic nitrogens is 5. The third-order valence-corrected chi connectivity index (χ3v) is 6.61. The van der Waals surface area contributed by atoms with Gasteiger partial charge in [-0.3, -0.25) is 0 Å². The molecule has 128 valence electrons. The van der Waals surface area contributed by atoms with E-state index in [-0.39, 0.29) is 0 Å². The van der Waals surface area contributed by atoms with Crippen molar-refractivity contribution in [2.75, 3.05) is 0 Å². The molecule has 4 aromatic heterocycles. The van der Waals surface area contributed by atoms with Gasteiger partial charge in [0, 0.05) is 34.1 Å². The molecule has 0 saturated carbocycles. The minimum atomic E-state index is 0.778.